The van der Waals surface area contributed by atoms with Crippen LogP contribution in [0.4, 0.5) is 0 Å². The van der Waals surface area contributed by atoms with Crippen molar-refractivity contribution in [1.82, 2.24) is 4.90 Å². The van der Waals surface area contributed by atoms with Crippen LogP contribution in [0.15, 0.2) is 78.9 Å². The van der Waals surface area contributed by atoms with E-state index in [9.17, 15) is 4.79 Å². The van der Waals surface area contributed by atoms with Crippen LogP contribution in [0.3, 0.4) is 0 Å². The minimum absolute atomic E-state index is 0.243. The van der Waals surface area contributed by atoms with Crippen LogP contribution in [0.5, 0.6) is 11.5 Å². The van der Waals surface area contributed by atoms with E-state index in [0.717, 1.165) is 16.7 Å². The molecule has 0 saturated carbocycles. The van der Waals surface area contributed by atoms with Gasteiger partial charge in [-0.05, 0) is 17.2 Å². The summed E-state index contributed by atoms with van der Waals surface area (Å²) in [5, 5.41) is 0. The number of ether oxygens (including phenoxy) is 3. The number of hydrogen-bond acceptors (Lipinski definition) is 5. The lowest BCUT2D eigenvalue weighted by atomic mass is 9.79. The van der Waals surface area contributed by atoms with Gasteiger partial charge in [-0.15, -0.1) is 0 Å². The van der Waals surface area contributed by atoms with Crippen molar-refractivity contribution >= 4 is 5.78 Å². The highest BCUT2D eigenvalue weighted by Crippen LogP contribution is 2.47. The third-order valence-electron chi connectivity index (χ3n) is 5.71. The average Bonchev–Trinajstić information content (AvgIpc) is 3.25. The summed E-state index contributed by atoms with van der Waals surface area (Å²) in [6, 6.07) is 26.0. The van der Waals surface area contributed by atoms with E-state index in [0.29, 0.717) is 37.7 Å². The molecule has 31 heavy (non-hydrogen) atoms. The molecule has 1 aliphatic rings. The minimum Gasteiger partial charge on any atom is -0.493 e. The first-order chi connectivity index (χ1) is 15.2. The van der Waals surface area contributed by atoms with Crippen molar-refractivity contribution in [3.63, 3.8) is 0 Å². The predicted molar refractivity (Wildman–Crippen MR) is 119 cm³/mol. The highest BCUT2D eigenvalue weighted by Gasteiger charge is 2.41. The number of hydrogen-bond donors (Lipinski definition) is 0. The maximum absolute atomic E-state index is 11.8. The number of rotatable bonds is 8. The summed E-state index contributed by atoms with van der Waals surface area (Å²) in [5.74, 6) is 1.50. The smallest absolute Gasteiger partial charge is 0.167 e. The van der Waals surface area contributed by atoms with Gasteiger partial charge >= 0.3 is 0 Å². The third-order valence-corrected chi connectivity index (χ3v) is 5.71. The van der Waals surface area contributed by atoms with Crippen LogP contribution >= 0.6 is 0 Å². The quantitative estimate of drug-likeness (QED) is 0.513. The molecule has 0 atom stereocenters. The van der Waals surface area contributed by atoms with Gasteiger partial charge in [0.2, 0.25) is 0 Å². The first-order valence-corrected chi connectivity index (χ1v) is 10.4. The maximum atomic E-state index is 11.8. The fourth-order valence-corrected chi connectivity index (χ4v) is 4.22. The Morgan fingerprint density at radius 1 is 0.839 bits per heavy atom. The third kappa shape index (κ3) is 4.07. The number of Topliss-reactive ketones (excluding diaryl/α,β-unsaturated/α-hetero) is 1. The summed E-state index contributed by atoms with van der Waals surface area (Å²) >= 11 is 0. The molecule has 5 heteroatoms. The van der Waals surface area contributed by atoms with E-state index in [1.54, 1.807) is 14.2 Å². The zero-order valence-electron chi connectivity index (χ0n) is 17.9. The Kier molecular flexibility index (Phi) is 6.35. The number of nitrogens with zero attached hydrogens (tertiary/aromatic N) is 1. The van der Waals surface area contributed by atoms with Gasteiger partial charge < -0.3 is 14.2 Å². The van der Waals surface area contributed by atoms with E-state index in [4.69, 9.17) is 14.2 Å². The van der Waals surface area contributed by atoms with Gasteiger partial charge in [-0.3, -0.25) is 9.69 Å². The molecular formula is C26H27NO4. The number of methoxy groups -OCH3 is 2. The Bertz CT molecular complexity index is 981. The number of para-hydroxylation sites is 1. The molecular weight excluding hydrogens is 390 g/mol. The molecule has 0 amide bonds. The highest BCUT2D eigenvalue weighted by atomic mass is 16.5. The van der Waals surface area contributed by atoms with Crippen molar-refractivity contribution in [2.24, 2.45) is 0 Å². The monoisotopic (exact) mass is 417 g/mol. The molecule has 0 spiro atoms. The first kappa shape index (κ1) is 21.1. The lowest BCUT2D eigenvalue weighted by Gasteiger charge is -2.38. The first-order valence-electron chi connectivity index (χ1n) is 10.4. The number of benzene rings is 3. The SMILES string of the molecule is COc1cccc(C(OCN2CCC(=O)C2)(c2ccccc2)c2ccccc2)c1OC. The molecule has 0 bridgehead atoms. The standard InChI is InChI=1S/C26H27NO4/c1-29-24-15-9-14-23(25(24)30-2)26(20-10-5-3-6-11-20,21-12-7-4-8-13-21)31-19-27-17-16-22(28)18-27/h3-15H,16-19H2,1-2H3. The van der Waals surface area contributed by atoms with E-state index in [1.165, 1.54) is 0 Å². The fraction of sp³-hybridized carbons (Fsp3) is 0.269. The summed E-state index contributed by atoms with van der Waals surface area (Å²) in [6.45, 7) is 1.43. The van der Waals surface area contributed by atoms with Crippen LogP contribution in [0.2, 0.25) is 0 Å². The van der Waals surface area contributed by atoms with Gasteiger partial charge in [0.05, 0.1) is 20.8 Å². The molecule has 0 N–H and O–H groups in total. The van der Waals surface area contributed by atoms with Crippen molar-refractivity contribution in [2.75, 3.05) is 34.0 Å². The van der Waals surface area contributed by atoms with Gasteiger partial charge in [-0.1, -0.05) is 72.8 Å². The van der Waals surface area contributed by atoms with Crippen LogP contribution in [0, 0.1) is 0 Å². The zero-order valence-corrected chi connectivity index (χ0v) is 17.9. The number of carbonyl (C=O) groups excluding carboxylic acids is 1. The molecule has 3 aromatic carbocycles. The van der Waals surface area contributed by atoms with Crippen LogP contribution in [-0.2, 0) is 15.1 Å². The molecule has 5 nitrogen and oxygen atoms in total. The van der Waals surface area contributed by atoms with Gasteiger partial charge in [0, 0.05) is 18.5 Å². The number of carbonyl (C=O) groups is 1. The molecule has 1 heterocycles. The summed E-state index contributed by atoms with van der Waals surface area (Å²) in [4.78, 5) is 13.9. The van der Waals surface area contributed by atoms with Gasteiger partial charge in [-0.2, -0.15) is 0 Å². The Balaban J connectivity index is 1.93. The molecule has 0 unspecified atom stereocenters. The van der Waals surface area contributed by atoms with Gasteiger partial charge in [-0.25, -0.2) is 0 Å². The van der Waals surface area contributed by atoms with E-state index in [2.05, 4.69) is 24.3 Å². The predicted octanol–water partition coefficient (Wildman–Crippen LogP) is 4.24. The van der Waals surface area contributed by atoms with Crippen LogP contribution in [-0.4, -0.2) is 44.7 Å². The highest BCUT2D eigenvalue weighted by molar-refractivity contribution is 5.82. The lowest BCUT2D eigenvalue weighted by molar-refractivity contribution is -0.118. The van der Waals surface area contributed by atoms with Crippen molar-refractivity contribution < 1.29 is 19.0 Å². The van der Waals surface area contributed by atoms with E-state index < -0.39 is 5.60 Å². The normalized spacial score (nSPS) is 14.6. The van der Waals surface area contributed by atoms with E-state index in [1.807, 2.05) is 59.5 Å². The van der Waals surface area contributed by atoms with Crippen LogP contribution in [0.25, 0.3) is 0 Å². The average molecular weight is 418 g/mol. The van der Waals surface area contributed by atoms with E-state index in [-0.39, 0.29) is 5.78 Å². The molecule has 4 rings (SSSR count). The Morgan fingerprint density at radius 3 is 2.00 bits per heavy atom. The van der Waals surface area contributed by atoms with Gasteiger partial charge in [0.25, 0.3) is 0 Å². The molecule has 0 aliphatic carbocycles. The van der Waals surface area contributed by atoms with E-state index >= 15 is 0 Å². The summed E-state index contributed by atoms with van der Waals surface area (Å²) < 4.78 is 18.2. The fourth-order valence-electron chi connectivity index (χ4n) is 4.22. The summed E-state index contributed by atoms with van der Waals surface area (Å²) in [7, 11) is 3.27. The summed E-state index contributed by atoms with van der Waals surface area (Å²) in [5.41, 5.74) is 1.84. The topological polar surface area (TPSA) is 48.0 Å². The Hall–Kier alpha value is -3.15. The summed E-state index contributed by atoms with van der Waals surface area (Å²) in [6.07, 6.45) is 0.565. The minimum atomic E-state index is -0.950. The molecule has 0 aromatic heterocycles. The zero-order chi connectivity index (χ0) is 21.7. The lowest BCUT2D eigenvalue weighted by Crippen LogP contribution is -2.38. The second-order valence-electron chi connectivity index (χ2n) is 7.57. The Morgan fingerprint density at radius 2 is 1.48 bits per heavy atom. The molecule has 160 valence electrons. The maximum Gasteiger partial charge on any atom is 0.167 e. The second-order valence-corrected chi connectivity index (χ2v) is 7.57. The van der Waals surface area contributed by atoms with Crippen molar-refractivity contribution in [3.05, 3.63) is 95.6 Å². The van der Waals surface area contributed by atoms with Crippen molar-refractivity contribution in [2.45, 2.75) is 12.0 Å². The molecule has 1 aliphatic heterocycles. The largest absolute Gasteiger partial charge is 0.493 e. The Labute approximate surface area is 183 Å². The molecule has 3 aromatic rings. The molecule has 0 radical (unpaired) electrons. The van der Waals surface area contributed by atoms with Crippen LogP contribution < -0.4 is 9.47 Å². The molecule has 1 saturated heterocycles. The van der Waals surface area contributed by atoms with Crippen molar-refractivity contribution in [3.8, 4) is 11.5 Å². The van der Waals surface area contributed by atoms with Gasteiger partial charge in [0.15, 0.2) is 11.5 Å². The van der Waals surface area contributed by atoms with Crippen molar-refractivity contribution in [1.29, 1.82) is 0 Å². The molecule has 1 fully saturated rings. The van der Waals surface area contributed by atoms with Crippen LogP contribution in [0.1, 0.15) is 23.1 Å². The number of likely N-dealkylation sites (tertiary alicyclic amines) is 1. The van der Waals surface area contributed by atoms with Gasteiger partial charge in [0.1, 0.15) is 18.1 Å². The number of ketones is 1. The second kappa shape index (κ2) is 9.33.